The highest BCUT2D eigenvalue weighted by Gasteiger charge is 2.58. The van der Waals surface area contributed by atoms with Gasteiger partial charge in [-0.05, 0) is 38.9 Å². The Morgan fingerprint density at radius 1 is 0.541 bits per heavy atom. The predicted molar refractivity (Wildman–Crippen MR) is 240 cm³/mol. The second kappa shape index (κ2) is 18.7. The van der Waals surface area contributed by atoms with Gasteiger partial charge in [0.15, 0.2) is 0 Å². The summed E-state index contributed by atoms with van der Waals surface area (Å²) in [5.74, 6) is -0.898. The van der Waals surface area contributed by atoms with Crippen LogP contribution in [-0.4, -0.2) is 45.9 Å². The molecule has 0 aliphatic carbocycles. The van der Waals surface area contributed by atoms with E-state index >= 15 is 4.79 Å². The van der Waals surface area contributed by atoms with E-state index in [1.165, 1.54) is 7.11 Å². The first kappa shape index (κ1) is 40.4. The van der Waals surface area contributed by atoms with Crippen molar-refractivity contribution < 1.29 is 14.3 Å². The van der Waals surface area contributed by atoms with E-state index in [1.54, 1.807) is 12.5 Å². The molecule has 1 amide bonds. The Kier molecular flexibility index (Phi) is 12.4. The van der Waals surface area contributed by atoms with Crippen molar-refractivity contribution in [2.24, 2.45) is 0 Å². The van der Waals surface area contributed by atoms with Gasteiger partial charge >= 0.3 is 5.97 Å². The zero-order valence-electron chi connectivity index (χ0n) is 34.1. The third kappa shape index (κ3) is 8.04. The number of aromatic nitrogens is 2. The number of benzene rings is 7. The van der Waals surface area contributed by atoms with E-state index in [0.717, 1.165) is 44.6 Å². The average molecular weight is 801 g/mol. The highest BCUT2D eigenvalue weighted by atomic mass is 16.5. The van der Waals surface area contributed by atoms with E-state index in [1.807, 2.05) is 66.7 Å². The third-order valence-corrected chi connectivity index (χ3v) is 11.5. The van der Waals surface area contributed by atoms with Crippen LogP contribution in [0.1, 0.15) is 44.6 Å². The lowest BCUT2D eigenvalue weighted by Gasteiger charge is -2.58. The molecule has 1 aromatic heterocycles. The third-order valence-electron chi connectivity index (χ3n) is 11.5. The van der Waals surface area contributed by atoms with Gasteiger partial charge in [-0.1, -0.05) is 212 Å². The van der Waals surface area contributed by atoms with Gasteiger partial charge in [0.25, 0.3) is 0 Å². The molecule has 0 bridgehead atoms. The Balaban J connectivity index is 1.55. The minimum Gasteiger partial charge on any atom is -0.467 e. The quantitative estimate of drug-likeness (QED) is 0.0752. The van der Waals surface area contributed by atoms with Gasteiger partial charge in [0.05, 0.1) is 30.6 Å². The number of imidazole rings is 1. The van der Waals surface area contributed by atoms with Gasteiger partial charge in [-0.2, -0.15) is 0 Å². The zero-order chi connectivity index (χ0) is 41.9. The summed E-state index contributed by atoms with van der Waals surface area (Å²) in [5.41, 5.74) is 4.87. The normalized spacial score (nSPS) is 12.6. The van der Waals surface area contributed by atoms with Gasteiger partial charge in [0, 0.05) is 24.7 Å². The SMILES string of the molecule is COC(=O)[C@H](Cc1ccccc1)NC(=O)[C@H](Cc1cnc[nH]1)N(C(c1ccccc1)(c1ccccc1)c1ccccc1)C(c1ccccc1)(c1ccccc1)c1ccccc1. The van der Waals surface area contributed by atoms with E-state index < -0.39 is 29.1 Å². The fourth-order valence-corrected chi connectivity index (χ4v) is 8.99. The van der Waals surface area contributed by atoms with E-state index in [9.17, 15) is 4.79 Å². The lowest BCUT2D eigenvalue weighted by molar-refractivity contribution is -0.146. The van der Waals surface area contributed by atoms with E-state index in [-0.39, 0.29) is 18.7 Å². The van der Waals surface area contributed by atoms with Crippen LogP contribution in [0.25, 0.3) is 0 Å². The molecule has 7 aromatic carbocycles. The van der Waals surface area contributed by atoms with Gasteiger partial charge in [0.2, 0.25) is 5.91 Å². The molecule has 2 atom stereocenters. The topological polar surface area (TPSA) is 87.3 Å². The Morgan fingerprint density at radius 3 is 1.20 bits per heavy atom. The summed E-state index contributed by atoms with van der Waals surface area (Å²) in [6.07, 6.45) is 3.83. The number of H-pyrrole nitrogens is 1. The summed E-state index contributed by atoms with van der Waals surface area (Å²) in [6, 6.07) is 70.3. The smallest absolute Gasteiger partial charge is 0.328 e. The Morgan fingerprint density at radius 2 is 0.885 bits per heavy atom. The number of methoxy groups -OCH3 is 1. The van der Waals surface area contributed by atoms with Crippen LogP contribution in [0.15, 0.2) is 225 Å². The maximum atomic E-state index is 16.2. The number of carbonyl (C=O) groups excluding carboxylic acids is 2. The van der Waals surface area contributed by atoms with Crippen molar-refractivity contribution in [3.63, 3.8) is 0 Å². The molecule has 8 rings (SSSR count). The fourth-order valence-electron chi connectivity index (χ4n) is 8.99. The molecule has 1 heterocycles. The molecular formula is C54H48N4O3. The first-order valence-electron chi connectivity index (χ1n) is 20.6. The summed E-state index contributed by atoms with van der Waals surface area (Å²) in [4.78, 5) is 40.2. The van der Waals surface area contributed by atoms with Gasteiger partial charge < -0.3 is 15.0 Å². The average Bonchev–Trinajstić information content (AvgIpc) is 3.86. The first-order chi connectivity index (χ1) is 30.1. The summed E-state index contributed by atoms with van der Waals surface area (Å²) >= 11 is 0. The van der Waals surface area contributed by atoms with Crippen molar-refractivity contribution in [3.05, 3.63) is 269 Å². The van der Waals surface area contributed by atoms with Crippen molar-refractivity contribution in [2.75, 3.05) is 7.11 Å². The molecule has 0 unspecified atom stereocenters. The molecule has 0 aliphatic rings. The van der Waals surface area contributed by atoms with Crippen molar-refractivity contribution >= 4 is 11.9 Å². The molecule has 7 nitrogen and oxygen atoms in total. The Bertz CT molecular complexity index is 2260. The molecule has 0 fully saturated rings. The minimum absolute atomic E-state index is 0.188. The molecule has 7 heteroatoms. The molecule has 302 valence electrons. The lowest BCUT2D eigenvalue weighted by Crippen LogP contribution is -2.67. The van der Waals surface area contributed by atoms with Crippen LogP contribution in [-0.2, 0) is 38.2 Å². The van der Waals surface area contributed by atoms with Gasteiger partial charge in [0.1, 0.15) is 6.04 Å². The maximum Gasteiger partial charge on any atom is 0.328 e. The molecule has 0 saturated carbocycles. The van der Waals surface area contributed by atoms with Crippen LogP contribution in [0.4, 0.5) is 0 Å². The number of hydrogen-bond donors (Lipinski definition) is 2. The fraction of sp³-hybridized carbons (Fsp3) is 0.130. The molecule has 61 heavy (non-hydrogen) atoms. The van der Waals surface area contributed by atoms with Crippen LogP contribution in [0.2, 0.25) is 0 Å². The monoisotopic (exact) mass is 800 g/mol. The Labute approximate surface area is 357 Å². The number of esters is 1. The molecule has 8 aromatic rings. The number of amides is 1. The predicted octanol–water partition coefficient (Wildman–Crippen LogP) is 9.51. The highest BCUT2D eigenvalue weighted by molar-refractivity contribution is 5.88. The molecular weight excluding hydrogens is 753 g/mol. The lowest BCUT2D eigenvalue weighted by atomic mass is 9.66. The van der Waals surface area contributed by atoms with Crippen molar-refractivity contribution in [3.8, 4) is 0 Å². The number of aromatic amines is 1. The summed E-state index contributed by atoms with van der Waals surface area (Å²) < 4.78 is 5.40. The number of ether oxygens (including phenoxy) is 1. The molecule has 0 radical (unpaired) electrons. The van der Waals surface area contributed by atoms with Crippen molar-refractivity contribution in [2.45, 2.75) is 36.0 Å². The first-order valence-corrected chi connectivity index (χ1v) is 20.6. The zero-order valence-corrected chi connectivity index (χ0v) is 34.1. The van der Waals surface area contributed by atoms with Crippen LogP contribution >= 0.6 is 0 Å². The molecule has 2 N–H and O–H groups in total. The summed E-state index contributed by atoms with van der Waals surface area (Å²) in [5, 5.41) is 3.27. The van der Waals surface area contributed by atoms with E-state index in [2.05, 4.69) is 166 Å². The maximum absolute atomic E-state index is 16.2. The van der Waals surface area contributed by atoms with Gasteiger partial charge in [-0.25, -0.2) is 9.78 Å². The summed E-state index contributed by atoms with van der Waals surface area (Å²) in [7, 11) is 1.36. The van der Waals surface area contributed by atoms with Crippen molar-refractivity contribution in [1.82, 2.24) is 20.2 Å². The van der Waals surface area contributed by atoms with Gasteiger partial charge in [-0.15, -0.1) is 0 Å². The number of nitrogens with one attached hydrogen (secondary N) is 2. The molecule has 0 spiro atoms. The number of carbonyl (C=O) groups is 2. The molecule has 0 saturated heterocycles. The largest absolute Gasteiger partial charge is 0.467 e. The second-order valence-electron chi connectivity index (χ2n) is 15.1. The number of hydrogen-bond acceptors (Lipinski definition) is 5. The standard InChI is InChI=1S/C54H48N4O3/c1-61-52(60)49(37-41-23-9-2-10-24-41)57-51(59)50(38-48-39-55-40-56-48)58(53(42-25-11-3-12-26-42,43-27-13-4-14-28-43)44-29-15-5-16-30-44)54(45-31-17-6-18-32-45,46-33-19-7-20-34-46)47-35-21-8-22-36-47/h2-36,39-40,49-50H,37-38H2,1H3,(H,55,56)(H,57,59)/t49-,50-/m0/s1. The molecule has 0 aliphatic heterocycles. The van der Waals surface area contributed by atoms with Crippen LogP contribution in [0.3, 0.4) is 0 Å². The van der Waals surface area contributed by atoms with Crippen LogP contribution in [0.5, 0.6) is 0 Å². The van der Waals surface area contributed by atoms with Gasteiger partial charge in [-0.3, -0.25) is 9.69 Å². The van der Waals surface area contributed by atoms with E-state index in [0.29, 0.717) is 0 Å². The number of nitrogens with zero attached hydrogens (tertiary/aromatic N) is 2. The van der Waals surface area contributed by atoms with Crippen LogP contribution in [0, 0.1) is 0 Å². The van der Waals surface area contributed by atoms with Crippen molar-refractivity contribution in [1.29, 1.82) is 0 Å². The summed E-state index contributed by atoms with van der Waals surface area (Å²) in [6.45, 7) is 0. The van der Waals surface area contributed by atoms with E-state index in [4.69, 9.17) is 4.74 Å². The minimum atomic E-state index is -1.20. The van der Waals surface area contributed by atoms with Crippen LogP contribution < -0.4 is 5.32 Å². The number of rotatable bonds is 16. The Hall–Kier alpha value is -7.35. The second-order valence-corrected chi connectivity index (χ2v) is 15.1. The highest BCUT2D eigenvalue weighted by Crippen LogP contribution is 2.55.